The highest BCUT2D eigenvalue weighted by molar-refractivity contribution is 7.10. The second-order valence-corrected chi connectivity index (χ2v) is 14.2. The Hall–Kier alpha value is -2.69. The Bertz CT molecular complexity index is 1520. The summed E-state index contributed by atoms with van der Waals surface area (Å²) >= 11 is 1.57. The highest BCUT2D eigenvalue weighted by Gasteiger charge is 2.79. The van der Waals surface area contributed by atoms with Gasteiger partial charge < -0.3 is 25.4 Å². The van der Waals surface area contributed by atoms with Crippen molar-refractivity contribution in [3.05, 3.63) is 75.5 Å². The molecule has 0 amide bonds. The number of aliphatic hydroxyl groups is 2. The van der Waals surface area contributed by atoms with E-state index >= 15 is 4.39 Å². The van der Waals surface area contributed by atoms with E-state index in [-0.39, 0.29) is 18.1 Å². The van der Waals surface area contributed by atoms with Gasteiger partial charge in [-0.15, -0.1) is 11.3 Å². The normalized spacial score (nSPS) is 42.0. The van der Waals surface area contributed by atoms with Crippen LogP contribution in [0.1, 0.15) is 61.8 Å². The minimum absolute atomic E-state index is 0.0281. The van der Waals surface area contributed by atoms with Crippen molar-refractivity contribution in [2.45, 2.75) is 75.7 Å². The van der Waals surface area contributed by atoms with Crippen LogP contribution in [0, 0.1) is 22.7 Å². The maximum Gasteiger partial charge on any atom is 0.193 e. The number of nitrogens with two attached hydrogens (primary N) is 1. The van der Waals surface area contributed by atoms with Crippen molar-refractivity contribution < 1.29 is 33.7 Å². The first-order valence-electron chi connectivity index (χ1n) is 14.7. The fourth-order valence-corrected chi connectivity index (χ4v) is 10.1. The van der Waals surface area contributed by atoms with Crippen LogP contribution in [0.5, 0.6) is 0 Å². The quantitative estimate of drug-likeness (QED) is 0.433. The first-order chi connectivity index (χ1) is 20.0. The third kappa shape index (κ3) is 3.57. The Morgan fingerprint density at radius 1 is 1.21 bits per heavy atom. The summed E-state index contributed by atoms with van der Waals surface area (Å²) in [6, 6.07) is 9.73. The number of rotatable bonds is 5. The molecule has 4 aliphatic carbocycles. The van der Waals surface area contributed by atoms with E-state index in [2.05, 4.69) is 0 Å². The van der Waals surface area contributed by atoms with E-state index in [0.29, 0.717) is 36.9 Å². The van der Waals surface area contributed by atoms with E-state index < -0.39 is 58.9 Å². The molecule has 0 unspecified atom stereocenters. The van der Waals surface area contributed by atoms with Crippen molar-refractivity contribution in [1.82, 2.24) is 0 Å². The van der Waals surface area contributed by atoms with Crippen LogP contribution in [-0.4, -0.2) is 51.9 Å². The molecule has 4 N–H and O–H groups in total. The Morgan fingerprint density at radius 3 is 2.71 bits per heavy atom. The van der Waals surface area contributed by atoms with Gasteiger partial charge in [0.15, 0.2) is 29.1 Å². The van der Waals surface area contributed by atoms with Crippen molar-refractivity contribution in [3.8, 4) is 0 Å². The molecule has 42 heavy (non-hydrogen) atoms. The van der Waals surface area contributed by atoms with Crippen LogP contribution in [0.25, 0.3) is 0 Å². The molecule has 7 rings (SSSR count). The lowest BCUT2D eigenvalue weighted by molar-refractivity contribution is -0.231. The number of fused-ring (bicyclic) bond motifs is 7. The third-order valence-electron chi connectivity index (χ3n) is 11.2. The molecule has 9 atom stereocenters. The molecular weight excluding hydrogens is 557 g/mol. The van der Waals surface area contributed by atoms with E-state index in [1.165, 1.54) is 12.2 Å². The summed E-state index contributed by atoms with van der Waals surface area (Å²) in [5.74, 6) is -1.58. The van der Waals surface area contributed by atoms with Crippen molar-refractivity contribution in [2.75, 3.05) is 12.3 Å². The number of nitrogen functional groups attached to an aromatic ring is 1. The number of halogens is 1. The van der Waals surface area contributed by atoms with Gasteiger partial charge in [-0.2, -0.15) is 0 Å². The molecule has 2 heterocycles. The van der Waals surface area contributed by atoms with Crippen molar-refractivity contribution in [2.24, 2.45) is 22.7 Å². The van der Waals surface area contributed by atoms with Crippen LogP contribution in [0.2, 0.25) is 0 Å². The molecule has 4 fully saturated rings. The third-order valence-corrected chi connectivity index (χ3v) is 12.2. The number of ketones is 2. The summed E-state index contributed by atoms with van der Waals surface area (Å²) in [7, 11) is 0. The van der Waals surface area contributed by atoms with Gasteiger partial charge in [-0.05, 0) is 79.8 Å². The summed E-state index contributed by atoms with van der Waals surface area (Å²) in [4.78, 5) is 26.9. The van der Waals surface area contributed by atoms with E-state index in [1.54, 1.807) is 24.3 Å². The number of hydrogen-bond donors (Lipinski definition) is 3. The molecule has 1 aromatic carbocycles. The van der Waals surface area contributed by atoms with E-state index in [1.807, 2.05) is 42.6 Å². The van der Waals surface area contributed by atoms with E-state index in [0.717, 1.165) is 16.0 Å². The standard InChI is InChI=1S/C33H36FNO6S/c1-30-10-9-22(37)13-20(30)5-8-24-25-14-28-33(27(39)16-36,31(25,2)15-26(38)32(24,30)34)41-29(40-28)19-12-23(42-17-19)11-18-3-6-21(35)7-4-18/h3-4,6-7,9-10,12-13,17,24-26,28-29,36,38H,5,8,11,14-16,35H2,1-2H3/t24-,25-,26-,28+,29+,30-,31-,32-,33+/m0/s1. The Kier molecular flexibility index (Phi) is 6.29. The zero-order valence-corrected chi connectivity index (χ0v) is 24.5. The topological polar surface area (TPSA) is 119 Å². The fraction of sp³-hybridized carbons (Fsp3) is 0.515. The minimum Gasteiger partial charge on any atom is -0.399 e. The highest BCUT2D eigenvalue weighted by Crippen LogP contribution is 2.72. The summed E-state index contributed by atoms with van der Waals surface area (Å²) < 4.78 is 30.6. The first kappa shape index (κ1) is 28.1. The molecule has 0 bridgehead atoms. The molecule has 0 radical (unpaired) electrons. The van der Waals surface area contributed by atoms with Gasteiger partial charge in [0.05, 0.1) is 12.2 Å². The lowest BCUT2D eigenvalue weighted by Gasteiger charge is -2.62. The summed E-state index contributed by atoms with van der Waals surface area (Å²) in [5.41, 5.74) is 3.50. The zero-order chi connectivity index (χ0) is 29.7. The number of carbonyl (C=O) groups excluding carboxylic acids is 2. The van der Waals surface area contributed by atoms with E-state index in [9.17, 15) is 19.8 Å². The summed E-state index contributed by atoms with van der Waals surface area (Å²) in [6.07, 6.45) is 3.64. The van der Waals surface area contributed by atoms with E-state index in [4.69, 9.17) is 15.2 Å². The summed E-state index contributed by atoms with van der Waals surface area (Å²) in [5, 5.41) is 23.8. The Labute approximate surface area is 248 Å². The maximum absolute atomic E-state index is 17.5. The largest absolute Gasteiger partial charge is 0.399 e. The molecule has 2 aromatic rings. The average Bonchev–Trinajstić information content (AvgIpc) is 3.64. The molecule has 3 saturated carbocycles. The molecular formula is C33H36FNO6S. The Morgan fingerprint density at radius 2 is 1.98 bits per heavy atom. The number of Topliss-reactive ketones (excluding diaryl/α,β-unsaturated/α-hetero) is 1. The molecule has 9 heteroatoms. The smallest absolute Gasteiger partial charge is 0.193 e. The van der Waals surface area contributed by atoms with Gasteiger partial charge in [0.25, 0.3) is 0 Å². The van der Waals surface area contributed by atoms with Crippen LogP contribution in [0.15, 0.2) is 59.5 Å². The predicted octanol–water partition coefficient (Wildman–Crippen LogP) is 4.62. The van der Waals surface area contributed by atoms with Crippen molar-refractivity contribution in [1.29, 1.82) is 0 Å². The lowest BCUT2D eigenvalue weighted by Crippen LogP contribution is -2.69. The number of aliphatic hydroxyl groups excluding tert-OH is 2. The number of ether oxygens (including phenoxy) is 2. The van der Waals surface area contributed by atoms with Crippen LogP contribution in [0.3, 0.4) is 0 Å². The highest BCUT2D eigenvalue weighted by atomic mass is 32.1. The molecule has 1 saturated heterocycles. The number of thiophene rings is 1. The van der Waals surface area contributed by atoms with Gasteiger partial charge in [0.1, 0.15) is 6.61 Å². The number of hydrogen-bond acceptors (Lipinski definition) is 8. The van der Waals surface area contributed by atoms with Crippen molar-refractivity contribution >= 4 is 28.6 Å². The Balaban J connectivity index is 1.21. The minimum atomic E-state index is -2.02. The van der Waals surface area contributed by atoms with Crippen LogP contribution < -0.4 is 5.73 Å². The van der Waals surface area contributed by atoms with Gasteiger partial charge in [0.2, 0.25) is 0 Å². The molecule has 7 nitrogen and oxygen atoms in total. The maximum atomic E-state index is 17.5. The zero-order valence-electron chi connectivity index (χ0n) is 23.7. The van der Waals surface area contributed by atoms with Gasteiger partial charge in [-0.1, -0.05) is 30.7 Å². The fourth-order valence-electron chi connectivity index (χ4n) is 9.17. The number of allylic oxidation sites excluding steroid dienone is 4. The predicted molar refractivity (Wildman–Crippen MR) is 155 cm³/mol. The number of benzene rings is 1. The second-order valence-electron chi connectivity index (χ2n) is 13.2. The molecule has 5 aliphatic rings. The van der Waals surface area contributed by atoms with Crippen LogP contribution in [-0.2, 0) is 25.5 Å². The van der Waals surface area contributed by atoms with Gasteiger partial charge in [-0.3, -0.25) is 9.59 Å². The molecule has 222 valence electrons. The van der Waals surface area contributed by atoms with Crippen LogP contribution in [0.4, 0.5) is 10.1 Å². The monoisotopic (exact) mass is 593 g/mol. The molecule has 1 aromatic heterocycles. The van der Waals surface area contributed by atoms with Gasteiger partial charge >= 0.3 is 0 Å². The first-order valence-corrected chi connectivity index (χ1v) is 15.5. The van der Waals surface area contributed by atoms with Gasteiger partial charge in [0, 0.05) is 39.3 Å². The second kappa shape index (κ2) is 9.40. The van der Waals surface area contributed by atoms with Crippen molar-refractivity contribution in [3.63, 3.8) is 0 Å². The van der Waals surface area contributed by atoms with Gasteiger partial charge in [-0.25, -0.2) is 4.39 Å². The molecule has 1 aliphatic heterocycles. The average molecular weight is 594 g/mol. The lowest BCUT2D eigenvalue weighted by atomic mass is 9.44. The number of alkyl halides is 1. The summed E-state index contributed by atoms with van der Waals surface area (Å²) in [6.45, 7) is 2.93. The van der Waals surface area contributed by atoms with Crippen LogP contribution >= 0.6 is 11.3 Å². The number of anilines is 1. The number of carbonyl (C=O) groups is 2. The SMILES string of the molecule is C[C@]12C=CC(=O)C=C1CC[C@H]1[C@@H]3C[C@H]4O[C@@H](c5csc(Cc6ccc(N)cc6)c5)O[C@@]4(C(=O)CO)[C@@]3(C)C[C@H](O)[C@@]12F. The molecule has 0 spiro atoms.